The lowest BCUT2D eigenvalue weighted by molar-refractivity contribution is 0.389. The Kier molecular flexibility index (Phi) is 3.74. The standard InChI is InChI=1S/C16H21N3O/c1-11-14(6-4-9-17-11)19-16-13-5-3-7-15(20-2)12(13)8-10-18-16/h3,5,7-8,10-11,14,17H,4,6,9H2,1-2H3,(H,18,19). The number of benzene rings is 1. The molecule has 0 radical (unpaired) electrons. The van der Waals surface area contributed by atoms with Crippen LogP contribution in [-0.2, 0) is 0 Å². The van der Waals surface area contributed by atoms with Gasteiger partial charge in [-0.15, -0.1) is 0 Å². The first-order valence-electron chi connectivity index (χ1n) is 7.21. The summed E-state index contributed by atoms with van der Waals surface area (Å²) >= 11 is 0. The molecular formula is C16H21N3O. The van der Waals surface area contributed by atoms with Gasteiger partial charge < -0.3 is 15.4 Å². The van der Waals surface area contributed by atoms with Crippen molar-refractivity contribution in [3.63, 3.8) is 0 Å². The van der Waals surface area contributed by atoms with E-state index in [9.17, 15) is 0 Å². The van der Waals surface area contributed by atoms with Gasteiger partial charge in [-0.2, -0.15) is 0 Å². The smallest absolute Gasteiger partial charge is 0.134 e. The van der Waals surface area contributed by atoms with Crippen molar-refractivity contribution in [2.45, 2.75) is 31.8 Å². The minimum absolute atomic E-state index is 0.424. The molecule has 0 amide bonds. The van der Waals surface area contributed by atoms with Gasteiger partial charge in [-0.3, -0.25) is 0 Å². The third-order valence-corrected chi connectivity index (χ3v) is 4.07. The Bertz CT molecular complexity index is 599. The van der Waals surface area contributed by atoms with E-state index in [-0.39, 0.29) is 0 Å². The Morgan fingerprint density at radius 2 is 2.20 bits per heavy atom. The van der Waals surface area contributed by atoms with Gasteiger partial charge in [0.25, 0.3) is 0 Å². The van der Waals surface area contributed by atoms with E-state index in [4.69, 9.17) is 4.74 Å². The lowest BCUT2D eigenvalue weighted by Gasteiger charge is -2.31. The Balaban J connectivity index is 1.95. The van der Waals surface area contributed by atoms with E-state index >= 15 is 0 Å². The first kappa shape index (κ1) is 13.2. The third-order valence-electron chi connectivity index (χ3n) is 4.07. The van der Waals surface area contributed by atoms with Crippen molar-refractivity contribution in [2.24, 2.45) is 0 Å². The van der Waals surface area contributed by atoms with Gasteiger partial charge in [0.15, 0.2) is 0 Å². The lowest BCUT2D eigenvalue weighted by Crippen LogP contribution is -2.46. The normalized spacial score (nSPS) is 22.7. The molecule has 2 N–H and O–H groups in total. The molecule has 2 unspecified atom stereocenters. The molecule has 0 aliphatic carbocycles. The SMILES string of the molecule is COc1cccc2c(NC3CCCNC3C)nccc12. The minimum Gasteiger partial charge on any atom is -0.496 e. The Morgan fingerprint density at radius 3 is 3.00 bits per heavy atom. The number of aromatic nitrogens is 1. The first-order valence-corrected chi connectivity index (χ1v) is 7.21. The van der Waals surface area contributed by atoms with Gasteiger partial charge in [-0.25, -0.2) is 4.98 Å². The number of anilines is 1. The fraction of sp³-hybridized carbons (Fsp3) is 0.438. The number of methoxy groups -OCH3 is 1. The highest BCUT2D eigenvalue weighted by Crippen LogP contribution is 2.30. The molecule has 1 fully saturated rings. The fourth-order valence-electron chi connectivity index (χ4n) is 2.89. The zero-order valence-corrected chi connectivity index (χ0v) is 12.0. The number of nitrogens with one attached hydrogen (secondary N) is 2. The molecule has 1 aromatic heterocycles. The second-order valence-corrected chi connectivity index (χ2v) is 5.35. The molecule has 1 aliphatic rings. The summed E-state index contributed by atoms with van der Waals surface area (Å²) in [5.41, 5.74) is 0. The van der Waals surface area contributed by atoms with Crippen LogP contribution in [0.3, 0.4) is 0 Å². The summed E-state index contributed by atoms with van der Waals surface area (Å²) in [7, 11) is 1.70. The van der Waals surface area contributed by atoms with Gasteiger partial charge in [-0.05, 0) is 38.4 Å². The number of ether oxygens (including phenoxy) is 1. The monoisotopic (exact) mass is 271 g/mol. The van der Waals surface area contributed by atoms with Crippen molar-refractivity contribution in [2.75, 3.05) is 19.0 Å². The number of hydrogen-bond acceptors (Lipinski definition) is 4. The molecule has 1 aromatic carbocycles. The zero-order chi connectivity index (χ0) is 13.9. The van der Waals surface area contributed by atoms with Crippen LogP contribution in [0.1, 0.15) is 19.8 Å². The van der Waals surface area contributed by atoms with Gasteiger partial charge in [0.05, 0.1) is 7.11 Å². The quantitative estimate of drug-likeness (QED) is 0.901. The highest BCUT2D eigenvalue weighted by Gasteiger charge is 2.21. The number of nitrogens with zero attached hydrogens (tertiary/aromatic N) is 1. The lowest BCUT2D eigenvalue weighted by atomic mass is 9.99. The summed E-state index contributed by atoms with van der Waals surface area (Å²) in [6.45, 7) is 3.33. The Hall–Kier alpha value is -1.81. The van der Waals surface area contributed by atoms with Crippen LogP contribution in [-0.4, -0.2) is 30.7 Å². The average Bonchev–Trinajstić information content (AvgIpc) is 2.49. The second-order valence-electron chi connectivity index (χ2n) is 5.35. The van der Waals surface area contributed by atoms with Crippen molar-refractivity contribution in [1.82, 2.24) is 10.3 Å². The number of piperidine rings is 1. The highest BCUT2D eigenvalue weighted by molar-refractivity contribution is 5.95. The maximum Gasteiger partial charge on any atom is 0.134 e. The maximum atomic E-state index is 5.43. The van der Waals surface area contributed by atoms with E-state index in [0.717, 1.165) is 28.9 Å². The molecule has 1 saturated heterocycles. The van der Waals surface area contributed by atoms with Gasteiger partial charge >= 0.3 is 0 Å². The molecule has 3 rings (SSSR count). The van der Waals surface area contributed by atoms with Crippen LogP contribution in [0.2, 0.25) is 0 Å². The van der Waals surface area contributed by atoms with E-state index in [1.165, 1.54) is 12.8 Å². The molecule has 0 bridgehead atoms. The van der Waals surface area contributed by atoms with Crippen LogP contribution < -0.4 is 15.4 Å². The van der Waals surface area contributed by atoms with Crippen molar-refractivity contribution in [1.29, 1.82) is 0 Å². The predicted molar refractivity (Wildman–Crippen MR) is 82.4 cm³/mol. The molecule has 106 valence electrons. The maximum absolute atomic E-state index is 5.43. The predicted octanol–water partition coefficient (Wildman–Crippen LogP) is 2.80. The summed E-state index contributed by atoms with van der Waals surface area (Å²) in [4.78, 5) is 4.52. The molecule has 0 spiro atoms. The summed E-state index contributed by atoms with van der Waals surface area (Å²) in [5.74, 6) is 1.84. The molecule has 2 heterocycles. The molecule has 20 heavy (non-hydrogen) atoms. The van der Waals surface area contributed by atoms with Crippen LogP contribution in [0.15, 0.2) is 30.5 Å². The van der Waals surface area contributed by atoms with Gasteiger partial charge in [0, 0.05) is 29.1 Å². The van der Waals surface area contributed by atoms with Crippen LogP contribution >= 0.6 is 0 Å². The Morgan fingerprint density at radius 1 is 1.30 bits per heavy atom. The third kappa shape index (κ3) is 2.43. The van der Waals surface area contributed by atoms with Crippen LogP contribution in [0.5, 0.6) is 5.75 Å². The van der Waals surface area contributed by atoms with Crippen LogP contribution in [0, 0.1) is 0 Å². The minimum atomic E-state index is 0.424. The van der Waals surface area contributed by atoms with Crippen molar-refractivity contribution < 1.29 is 4.74 Å². The van der Waals surface area contributed by atoms with Gasteiger partial charge in [-0.1, -0.05) is 12.1 Å². The van der Waals surface area contributed by atoms with E-state index < -0.39 is 0 Å². The molecule has 2 aromatic rings. The molecule has 0 saturated carbocycles. The van der Waals surface area contributed by atoms with Crippen molar-refractivity contribution >= 4 is 16.6 Å². The molecule has 4 heteroatoms. The average molecular weight is 271 g/mol. The number of rotatable bonds is 3. The Labute approximate surface area is 119 Å². The second kappa shape index (κ2) is 5.67. The van der Waals surface area contributed by atoms with Gasteiger partial charge in [0.1, 0.15) is 11.6 Å². The molecule has 1 aliphatic heterocycles. The topological polar surface area (TPSA) is 46.2 Å². The van der Waals surface area contributed by atoms with Crippen LogP contribution in [0.25, 0.3) is 10.8 Å². The van der Waals surface area contributed by atoms with Crippen LogP contribution in [0.4, 0.5) is 5.82 Å². The summed E-state index contributed by atoms with van der Waals surface area (Å²) in [6, 6.07) is 8.98. The summed E-state index contributed by atoms with van der Waals surface area (Å²) in [6.07, 6.45) is 4.22. The molecule has 2 atom stereocenters. The van der Waals surface area contributed by atoms with Gasteiger partial charge in [0.2, 0.25) is 0 Å². The molecular weight excluding hydrogens is 250 g/mol. The highest BCUT2D eigenvalue weighted by atomic mass is 16.5. The summed E-state index contributed by atoms with van der Waals surface area (Å²) in [5, 5.41) is 9.32. The first-order chi connectivity index (χ1) is 9.79. The van der Waals surface area contributed by atoms with E-state index in [0.29, 0.717) is 12.1 Å². The van der Waals surface area contributed by atoms with Crippen molar-refractivity contribution in [3.05, 3.63) is 30.5 Å². The van der Waals surface area contributed by atoms with E-state index in [1.54, 1.807) is 7.11 Å². The largest absolute Gasteiger partial charge is 0.496 e. The van der Waals surface area contributed by atoms with Crippen molar-refractivity contribution in [3.8, 4) is 5.75 Å². The fourth-order valence-corrected chi connectivity index (χ4v) is 2.89. The summed E-state index contributed by atoms with van der Waals surface area (Å²) < 4.78 is 5.43. The number of hydrogen-bond donors (Lipinski definition) is 2. The molecule has 4 nitrogen and oxygen atoms in total. The van der Waals surface area contributed by atoms with E-state index in [2.05, 4.69) is 28.6 Å². The number of pyridine rings is 1. The van der Waals surface area contributed by atoms with E-state index in [1.807, 2.05) is 24.4 Å². The zero-order valence-electron chi connectivity index (χ0n) is 12.0. The number of fused-ring (bicyclic) bond motifs is 1.